The van der Waals surface area contributed by atoms with Gasteiger partial charge in [-0.2, -0.15) is 15.8 Å². The summed E-state index contributed by atoms with van der Waals surface area (Å²) in [6.45, 7) is 0. The fourth-order valence-electron chi connectivity index (χ4n) is 4.11. The van der Waals surface area contributed by atoms with Gasteiger partial charge in [0.1, 0.15) is 5.92 Å². The molecule has 1 fully saturated rings. The summed E-state index contributed by atoms with van der Waals surface area (Å²) in [7, 11) is 0. The number of nitriles is 3. The van der Waals surface area contributed by atoms with Gasteiger partial charge in [0.05, 0.1) is 23.9 Å². The van der Waals surface area contributed by atoms with Gasteiger partial charge in [-0.15, -0.1) is 0 Å². The number of allylic oxidation sites excluding steroid dienone is 2. The summed E-state index contributed by atoms with van der Waals surface area (Å²) in [5.41, 5.74) is -0.388. The monoisotopic (exact) mass is 368 g/mol. The third-order valence-electron chi connectivity index (χ3n) is 5.22. The minimum Gasteiger partial charge on any atom is -0.305 e. The summed E-state index contributed by atoms with van der Waals surface area (Å²) in [5.74, 6) is -1.58. The average molecular weight is 369 g/mol. The molecule has 2 aliphatic rings. The van der Waals surface area contributed by atoms with Gasteiger partial charge in [0.15, 0.2) is 5.41 Å². The maximum absolute atomic E-state index is 9.88. The Labute approximate surface area is 156 Å². The SMILES string of the molecule is N#C[C@H]1C(=N)C(C#N)(C#N)[C@@H](c2ccc(Cl)cc2Cl)[C@H]2CCCC=C12. The first-order valence-corrected chi connectivity index (χ1v) is 8.71. The number of hydrogen-bond acceptors (Lipinski definition) is 4. The smallest absolute Gasteiger partial charge is 0.189 e. The van der Waals surface area contributed by atoms with E-state index in [9.17, 15) is 15.8 Å². The van der Waals surface area contributed by atoms with E-state index in [1.54, 1.807) is 18.2 Å². The highest BCUT2D eigenvalue weighted by molar-refractivity contribution is 6.35. The zero-order chi connectivity index (χ0) is 18.2. The lowest BCUT2D eigenvalue weighted by molar-refractivity contribution is 0.320. The quantitative estimate of drug-likeness (QED) is 0.705. The molecule has 0 saturated heterocycles. The molecule has 0 aromatic heterocycles. The van der Waals surface area contributed by atoms with E-state index >= 15 is 0 Å². The Morgan fingerprint density at radius 1 is 1.16 bits per heavy atom. The first kappa shape index (κ1) is 17.5. The van der Waals surface area contributed by atoms with E-state index in [2.05, 4.69) is 6.07 Å². The van der Waals surface area contributed by atoms with Gasteiger partial charge in [-0.1, -0.05) is 35.3 Å². The van der Waals surface area contributed by atoms with Crippen LogP contribution in [0.4, 0.5) is 0 Å². The minimum absolute atomic E-state index is 0.152. The number of benzene rings is 1. The van der Waals surface area contributed by atoms with Crippen LogP contribution in [-0.2, 0) is 0 Å². The van der Waals surface area contributed by atoms with Crippen LogP contribution in [0.1, 0.15) is 30.7 Å². The lowest BCUT2D eigenvalue weighted by Crippen LogP contribution is -2.48. The maximum Gasteiger partial charge on any atom is 0.189 e. The second-order valence-electron chi connectivity index (χ2n) is 6.39. The highest BCUT2D eigenvalue weighted by atomic mass is 35.5. The zero-order valence-electron chi connectivity index (χ0n) is 13.3. The lowest BCUT2D eigenvalue weighted by Gasteiger charge is -2.46. The first-order chi connectivity index (χ1) is 12.0. The summed E-state index contributed by atoms with van der Waals surface area (Å²) in [5, 5.41) is 38.7. The first-order valence-electron chi connectivity index (χ1n) is 7.96. The van der Waals surface area contributed by atoms with Gasteiger partial charge in [0, 0.05) is 16.0 Å². The Bertz CT molecular complexity index is 883. The molecule has 0 unspecified atom stereocenters. The molecule has 1 saturated carbocycles. The van der Waals surface area contributed by atoms with Crippen molar-refractivity contribution < 1.29 is 0 Å². The number of fused-ring (bicyclic) bond motifs is 1. The Morgan fingerprint density at radius 3 is 2.48 bits per heavy atom. The van der Waals surface area contributed by atoms with Crippen LogP contribution in [0.25, 0.3) is 0 Å². The second-order valence-corrected chi connectivity index (χ2v) is 7.24. The third-order valence-corrected chi connectivity index (χ3v) is 5.78. The Morgan fingerprint density at radius 2 is 1.88 bits per heavy atom. The maximum atomic E-state index is 9.88. The molecule has 0 amide bonds. The summed E-state index contributed by atoms with van der Waals surface area (Å²) in [4.78, 5) is 0. The van der Waals surface area contributed by atoms with E-state index < -0.39 is 17.3 Å². The standard InChI is InChI=1S/C19H14Cl2N4/c20-11-5-6-14(16(21)7-11)17-13-4-2-1-3-12(13)15(8-22)18(25)19(17,9-23)10-24/h3,5-7,13,15,17,25H,1-2,4H2/t13-,15+,17+/m0/s1. The van der Waals surface area contributed by atoms with Crippen LogP contribution >= 0.6 is 23.2 Å². The summed E-state index contributed by atoms with van der Waals surface area (Å²) < 4.78 is 0. The van der Waals surface area contributed by atoms with Crippen molar-refractivity contribution >= 4 is 28.9 Å². The van der Waals surface area contributed by atoms with Gasteiger partial charge in [-0.3, -0.25) is 0 Å². The van der Waals surface area contributed by atoms with E-state index in [0.717, 1.165) is 24.8 Å². The van der Waals surface area contributed by atoms with E-state index in [4.69, 9.17) is 28.6 Å². The van der Waals surface area contributed by atoms with Crippen molar-refractivity contribution in [1.82, 2.24) is 0 Å². The van der Waals surface area contributed by atoms with Crippen LogP contribution in [0.3, 0.4) is 0 Å². The Hall–Kier alpha value is -2.32. The Kier molecular flexibility index (Phi) is 4.57. The number of rotatable bonds is 1. The van der Waals surface area contributed by atoms with Crippen molar-refractivity contribution in [2.75, 3.05) is 0 Å². The molecular weight excluding hydrogens is 355 g/mol. The highest BCUT2D eigenvalue weighted by Gasteiger charge is 2.57. The number of hydrogen-bond donors (Lipinski definition) is 1. The van der Waals surface area contributed by atoms with E-state index in [0.29, 0.717) is 15.6 Å². The molecular formula is C19H14Cl2N4. The van der Waals surface area contributed by atoms with Crippen LogP contribution in [0.2, 0.25) is 10.0 Å². The molecule has 1 aromatic carbocycles. The molecule has 4 nitrogen and oxygen atoms in total. The van der Waals surface area contributed by atoms with Crippen LogP contribution < -0.4 is 0 Å². The van der Waals surface area contributed by atoms with Crippen molar-refractivity contribution in [1.29, 1.82) is 21.2 Å². The van der Waals surface area contributed by atoms with Crippen molar-refractivity contribution in [3.8, 4) is 18.2 Å². The van der Waals surface area contributed by atoms with E-state index in [1.807, 2.05) is 18.2 Å². The molecule has 6 heteroatoms. The van der Waals surface area contributed by atoms with Crippen LogP contribution in [0, 0.1) is 56.7 Å². The van der Waals surface area contributed by atoms with Gasteiger partial charge < -0.3 is 5.41 Å². The van der Waals surface area contributed by atoms with Gasteiger partial charge in [-0.05, 0) is 48.4 Å². The third kappa shape index (κ3) is 2.52. The number of nitrogens with zero attached hydrogens (tertiary/aromatic N) is 3. The molecule has 0 radical (unpaired) electrons. The van der Waals surface area contributed by atoms with Gasteiger partial charge in [-0.25, -0.2) is 0 Å². The van der Waals surface area contributed by atoms with Gasteiger partial charge >= 0.3 is 0 Å². The normalized spacial score (nSPS) is 27.2. The summed E-state index contributed by atoms with van der Waals surface area (Å²) in [6, 6.07) is 11.2. The Balaban J connectivity index is 2.29. The molecule has 3 atom stereocenters. The van der Waals surface area contributed by atoms with Crippen LogP contribution in [-0.4, -0.2) is 5.71 Å². The molecule has 0 spiro atoms. The van der Waals surface area contributed by atoms with Gasteiger partial charge in [0.25, 0.3) is 0 Å². The molecule has 124 valence electrons. The molecule has 0 bridgehead atoms. The van der Waals surface area contributed by atoms with E-state index in [-0.39, 0.29) is 11.6 Å². The van der Waals surface area contributed by atoms with Crippen molar-refractivity contribution in [2.45, 2.75) is 25.2 Å². The lowest BCUT2D eigenvalue weighted by atomic mass is 9.53. The molecule has 1 aromatic rings. The predicted molar refractivity (Wildman–Crippen MR) is 95.1 cm³/mol. The fourth-order valence-corrected chi connectivity index (χ4v) is 4.63. The molecule has 0 aliphatic heterocycles. The van der Waals surface area contributed by atoms with Crippen molar-refractivity contribution in [2.24, 2.45) is 17.3 Å². The average Bonchev–Trinajstić information content (AvgIpc) is 2.62. The summed E-state index contributed by atoms with van der Waals surface area (Å²) in [6.07, 6.45) is 4.50. The molecule has 1 N–H and O–H groups in total. The van der Waals surface area contributed by atoms with Crippen molar-refractivity contribution in [3.63, 3.8) is 0 Å². The second kappa shape index (κ2) is 6.53. The minimum atomic E-state index is -1.71. The molecule has 0 heterocycles. The van der Waals surface area contributed by atoms with Crippen LogP contribution in [0.15, 0.2) is 29.8 Å². The molecule has 3 rings (SSSR count). The van der Waals surface area contributed by atoms with Crippen molar-refractivity contribution in [3.05, 3.63) is 45.5 Å². The highest BCUT2D eigenvalue weighted by Crippen LogP contribution is 2.56. The predicted octanol–water partition coefficient (Wildman–Crippen LogP) is 5.01. The summed E-state index contributed by atoms with van der Waals surface area (Å²) >= 11 is 12.4. The van der Waals surface area contributed by atoms with Crippen LogP contribution in [0.5, 0.6) is 0 Å². The topological polar surface area (TPSA) is 95.2 Å². The van der Waals surface area contributed by atoms with Gasteiger partial charge in [0.2, 0.25) is 0 Å². The molecule has 25 heavy (non-hydrogen) atoms. The number of nitrogens with one attached hydrogen (secondary N) is 1. The largest absolute Gasteiger partial charge is 0.305 e. The zero-order valence-corrected chi connectivity index (χ0v) is 14.8. The fraction of sp³-hybridized carbons (Fsp3) is 0.368. The van der Waals surface area contributed by atoms with E-state index in [1.165, 1.54) is 0 Å². The number of halogens is 2. The molecule has 2 aliphatic carbocycles.